The summed E-state index contributed by atoms with van der Waals surface area (Å²) in [5.74, 6) is 0.814. The Hall–Kier alpha value is -0.110. The lowest BCUT2D eigenvalue weighted by atomic mass is 10.2. The second-order valence-corrected chi connectivity index (χ2v) is 5.86. The fourth-order valence-electron chi connectivity index (χ4n) is 1.28. The SMILES string of the molecule is CCCCCOc1ccc(C(Cl)(Cl)Cl)cc1. The molecule has 0 spiro atoms. The number of rotatable bonds is 5. The Morgan fingerprint density at radius 2 is 1.69 bits per heavy atom. The van der Waals surface area contributed by atoms with E-state index in [1.54, 1.807) is 12.1 Å². The highest BCUT2D eigenvalue weighted by Gasteiger charge is 2.22. The van der Waals surface area contributed by atoms with E-state index in [4.69, 9.17) is 39.5 Å². The van der Waals surface area contributed by atoms with Gasteiger partial charge in [-0.2, -0.15) is 0 Å². The summed E-state index contributed by atoms with van der Waals surface area (Å²) in [6, 6.07) is 7.18. The molecule has 0 N–H and O–H groups in total. The Morgan fingerprint density at radius 3 is 2.19 bits per heavy atom. The van der Waals surface area contributed by atoms with Crippen LogP contribution < -0.4 is 4.74 Å². The molecule has 0 aliphatic carbocycles. The van der Waals surface area contributed by atoms with Crippen LogP contribution >= 0.6 is 34.8 Å². The van der Waals surface area contributed by atoms with Crippen molar-refractivity contribution in [3.8, 4) is 5.75 Å². The molecule has 0 aliphatic rings. The first-order chi connectivity index (χ1) is 7.54. The molecule has 1 nitrogen and oxygen atoms in total. The molecule has 0 heterocycles. The van der Waals surface area contributed by atoms with Crippen LogP contribution in [0.15, 0.2) is 24.3 Å². The van der Waals surface area contributed by atoms with Crippen molar-refractivity contribution in [2.45, 2.75) is 30.0 Å². The Morgan fingerprint density at radius 1 is 1.06 bits per heavy atom. The van der Waals surface area contributed by atoms with Gasteiger partial charge in [-0.25, -0.2) is 0 Å². The number of hydrogen-bond acceptors (Lipinski definition) is 1. The maximum atomic E-state index is 5.75. The average molecular weight is 282 g/mol. The molecule has 0 bridgehead atoms. The summed E-state index contributed by atoms with van der Waals surface area (Å²) >= 11 is 17.2. The highest BCUT2D eigenvalue weighted by atomic mass is 35.6. The normalized spacial score (nSPS) is 11.5. The maximum Gasteiger partial charge on any atom is 0.216 e. The van der Waals surface area contributed by atoms with Crippen LogP contribution in [0.25, 0.3) is 0 Å². The van der Waals surface area contributed by atoms with Crippen molar-refractivity contribution in [2.75, 3.05) is 6.61 Å². The molecule has 0 aromatic heterocycles. The van der Waals surface area contributed by atoms with Gasteiger partial charge < -0.3 is 4.74 Å². The summed E-state index contributed by atoms with van der Waals surface area (Å²) in [6.45, 7) is 2.90. The zero-order chi connectivity index (χ0) is 12.0. The highest BCUT2D eigenvalue weighted by molar-refractivity contribution is 6.66. The van der Waals surface area contributed by atoms with Gasteiger partial charge in [-0.3, -0.25) is 0 Å². The predicted molar refractivity (Wildman–Crippen MR) is 70.7 cm³/mol. The molecule has 0 fully saturated rings. The van der Waals surface area contributed by atoms with Crippen molar-refractivity contribution in [2.24, 2.45) is 0 Å². The zero-order valence-corrected chi connectivity index (χ0v) is 11.4. The topological polar surface area (TPSA) is 9.23 Å². The Labute approximate surface area is 112 Å². The number of alkyl halides is 3. The van der Waals surface area contributed by atoms with Gasteiger partial charge in [-0.15, -0.1) is 0 Å². The number of hydrogen-bond donors (Lipinski definition) is 0. The maximum absolute atomic E-state index is 5.75. The molecule has 0 saturated heterocycles. The molecular weight excluding hydrogens is 266 g/mol. The molecule has 0 amide bonds. The molecule has 0 aliphatic heterocycles. The van der Waals surface area contributed by atoms with Crippen molar-refractivity contribution < 1.29 is 4.74 Å². The van der Waals surface area contributed by atoms with Crippen LogP contribution in [0.3, 0.4) is 0 Å². The molecule has 0 unspecified atom stereocenters. The van der Waals surface area contributed by atoms with Gasteiger partial charge in [0, 0.05) is 5.56 Å². The Kier molecular flexibility index (Phi) is 5.74. The van der Waals surface area contributed by atoms with Crippen LogP contribution in [0.5, 0.6) is 5.75 Å². The van der Waals surface area contributed by atoms with Crippen LogP contribution in [0.1, 0.15) is 31.7 Å². The highest BCUT2D eigenvalue weighted by Crippen LogP contribution is 2.38. The van der Waals surface area contributed by atoms with E-state index in [2.05, 4.69) is 6.92 Å². The number of ether oxygens (including phenoxy) is 1. The van der Waals surface area contributed by atoms with E-state index in [1.807, 2.05) is 12.1 Å². The van der Waals surface area contributed by atoms with E-state index in [0.717, 1.165) is 18.8 Å². The Balaban J connectivity index is 2.46. The minimum atomic E-state index is -1.36. The summed E-state index contributed by atoms with van der Waals surface area (Å²) in [4.78, 5) is 0. The molecule has 0 radical (unpaired) electrons. The Bertz CT molecular complexity index is 303. The molecule has 90 valence electrons. The van der Waals surface area contributed by atoms with E-state index in [1.165, 1.54) is 12.8 Å². The molecule has 16 heavy (non-hydrogen) atoms. The molecule has 1 aromatic rings. The minimum absolute atomic E-state index is 0.651. The fourth-order valence-corrected chi connectivity index (χ4v) is 1.66. The first-order valence-electron chi connectivity index (χ1n) is 5.34. The van der Waals surface area contributed by atoms with Gasteiger partial charge >= 0.3 is 0 Å². The van der Waals surface area contributed by atoms with Gasteiger partial charge in [-0.1, -0.05) is 66.7 Å². The van der Waals surface area contributed by atoms with Crippen LogP contribution in [-0.4, -0.2) is 6.61 Å². The predicted octanol–water partition coefficient (Wildman–Crippen LogP) is 5.08. The number of benzene rings is 1. The van der Waals surface area contributed by atoms with Gasteiger partial charge in [0.25, 0.3) is 0 Å². The molecule has 0 atom stereocenters. The van der Waals surface area contributed by atoms with E-state index in [0.29, 0.717) is 5.56 Å². The third-order valence-corrected chi connectivity index (χ3v) is 2.85. The number of unbranched alkanes of at least 4 members (excludes halogenated alkanes) is 2. The van der Waals surface area contributed by atoms with E-state index < -0.39 is 3.79 Å². The van der Waals surface area contributed by atoms with Crippen LogP contribution in [-0.2, 0) is 3.79 Å². The van der Waals surface area contributed by atoms with Gasteiger partial charge in [0.1, 0.15) is 5.75 Å². The van der Waals surface area contributed by atoms with Crippen molar-refractivity contribution >= 4 is 34.8 Å². The largest absolute Gasteiger partial charge is 0.494 e. The average Bonchev–Trinajstić information content (AvgIpc) is 2.24. The lowest BCUT2D eigenvalue weighted by Gasteiger charge is -2.12. The van der Waals surface area contributed by atoms with E-state index >= 15 is 0 Å². The third kappa shape index (κ3) is 4.82. The van der Waals surface area contributed by atoms with Crippen LogP contribution in [0, 0.1) is 0 Å². The first-order valence-corrected chi connectivity index (χ1v) is 6.47. The smallest absolute Gasteiger partial charge is 0.216 e. The van der Waals surface area contributed by atoms with E-state index in [-0.39, 0.29) is 0 Å². The first kappa shape index (κ1) is 14.0. The molecule has 1 rings (SSSR count). The molecular formula is C12H15Cl3O. The number of halogens is 3. The van der Waals surface area contributed by atoms with Gasteiger partial charge in [0.15, 0.2) is 0 Å². The lowest BCUT2D eigenvalue weighted by Crippen LogP contribution is -2.01. The van der Waals surface area contributed by atoms with Crippen molar-refractivity contribution in [1.29, 1.82) is 0 Å². The van der Waals surface area contributed by atoms with Crippen molar-refractivity contribution in [3.63, 3.8) is 0 Å². The van der Waals surface area contributed by atoms with Crippen molar-refractivity contribution in [1.82, 2.24) is 0 Å². The summed E-state index contributed by atoms with van der Waals surface area (Å²) in [6.07, 6.45) is 3.45. The monoisotopic (exact) mass is 280 g/mol. The zero-order valence-electron chi connectivity index (χ0n) is 9.18. The third-order valence-electron chi connectivity index (χ3n) is 2.20. The summed E-state index contributed by atoms with van der Waals surface area (Å²) < 4.78 is 4.19. The molecule has 1 aromatic carbocycles. The lowest BCUT2D eigenvalue weighted by molar-refractivity contribution is 0.306. The molecule has 0 saturated carbocycles. The molecule has 4 heteroatoms. The van der Waals surface area contributed by atoms with Gasteiger partial charge in [-0.05, 0) is 18.6 Å². The summed E-state index contributed by atoms with van der Waals surface area (Å²) in [7, 11) is 0. The van der Waals surface area contributed by atoms with Gasteiger partial charge in [0.05, 0.1) is 6.61 Å². The second kappa shape index (κ2) is 6.58. The van der Waals surface area contributed by atoms with E-state index in [9.17, 15) is 0 Å². The second-order valence-electron chi connectivity index (χ2n) is 3.58. The minimum Gasteiger partial charge on any atom is -0.494 e. The summed E-state index contributed by atoms with van der Waals surface area (Å²) in [5.41, 5.74) is 0.651. The van der Waals surface area contributed by atoms with Gasteiger partial charge in [0.2, 0.25) is 3.79 Å². The van der Waals surface area contributed by atoms with Crippen LogP contribution in [0.2, 0.25) is 0 Å². The summed E-state index contributed by atoms with van der Waals surface area (Å²) in [5, 5.41) is 0. The quantitative estimate of drug-likeness (QED) is 0.540. The van der Waals surface area contributed by atoms with Crippen molar-refractivity contribution in [3.05, 3.63) is 29.8 Å². The standard InChI is InChI=1S/C12H15Cl3O/c1-2-3-4-9-16-11-7-5-10(6-8-11)12(13,14)15/h5-8H,2-4,9H2,1H3. The van der Waals surface area contributed by atoms with Crippen LogP contribution in [0.4, 0.5) is 0 Å². The fraction of sp³-hybridized carbons (Fsp3) is 0.500.